The highest BCUT2D eigenvalue weighted by molar-refractivity contribution is 7.07. The molecule has 9 nitrogen and oxygen atoms in total. The van der Waals surface area contributed by atoms with Gasteiger partial charge in [-0.15, -0.1) is 17.8 Å². The topological polar surface area (TPSA) is 119 Å². The summed E-state index contributed by atoms with van der Waals surface area (Å²) >= 11 is 1.04. The molecule has 2 heterocycles. The highest BCUT2D eigenvalue weighted by Gasteiger charge is 2.23. The lowest BCUT2D eigenvalue weighted by molar-refractivity contribution is -0.118. The van der Waals surface area contributed by atoms with Gasteiger partial charge in [0.25, 0.3) is 11.5 Å². The van der Waals surface area contributed by atoms with E-state index >= 15 is 0 Å². The molecule has 1 aromatic carbocycles. The first-order valence-corrected chi connectivity index (χ1v) is 13.0. The minimum atomic E-state index is -0.625. The second-order valence-electron chi connectivity index (χ2n) is 9.25. The van der Waals surface area contributed by atoms with E-state index in [0.29, 0.717) is 40.8 Å². The largest absolute Gasteiger partial charge is 0.360 e. The Labute approximate surface area is 220 Å². The van der Waals surface area contributed by atoms with Gasteiger partial charge in [-0.3, -0.25) is 23.9 Å². The lowest BCUT2D eigenvalue weighted by Gasteiger charge is -2.34. The van der Waals surface area contributed by atoms with Crippen LogP contribution in [-0.2, 0) is 16.1 Å². The molecule has 1 fully saturated rings. The number of terminal acetylenes is 1. The van der Waals surface area contributed by atoms with Crippen molar-refractivity contribution in [2.24, 2.45) is 11.8 Å². The Hall–Kier alpha value is -3.86. The number of rotatable bonds is 8. The van der Waals surface area contributed by atoms with Crippen LogP contribution in [-0.4, -0.2) is 47.5 Å². The van der Waals surface area contributed by atoms with Crippen LogP contribution in [0.15, 0.2) is 29.1 Å². The number of thiazole rings is 1. The van der Waals surface area contributed by atoms with Crippen LogP contribution in [0.5, 0.6) is 0 Å². The molecule has 194 valence electrons. The highest BCUT2D eigenvalue weighted by Crippen LogP contribution is 2.21. The Morgan fingerprint density at radius 1 is 1.24 bits per heavy atom. The number of anilines is 2. The molecule has 3 N–H and O–H groups in total. The molecule has 1 aromatic heterocycles. The third-order valence-corrected chi connectivity index (χ3v) is 7.09. The van der Waals surface area contributed by atoms with Crippen LogP contribution >= 0.6 is 11.3 Å². The van der Waals surface area contributed by atoms with Crippen molar-refractivity contribution < 1.29 is 9.59 Å². The zero-order chi connectivity index (χ0) is 26.9. The fourth-order valence-corrected chi connectivity index (χ4v) is 5.65. The number of nitrogens with zero attached hydrogens (tertiary/aromatic N) is 3. The number of hydrogen-bond acceptors (Lipinski definition) is 7. The van der Waals surface area contributed by atoms with Crippen LogP contribution in [0.4, 0.5) is 11.4 Å². The van der Waals surface area contributed by atoms with E-state index in [1.165, 1.54) is 17.2 Å². The van der Waals surface area contributed by atoms with E-state index in [1.54, 1.807) is 25.1 Å². The van der Waals surface area contributed by atoms with E-state index in [0.717, 1.165) is 24.4 Å². The number of amides is 2. The van der Waals surface area contributed by atoms with Crippen LogP contribution in [0.1, 0.15) is 27.2 Å². The van der Waals surface area contributed by atoms with E-state index in [1.807, 2.05) is 12.1 Å². The lowest BCUT2D eigenvalue weighted by atomic mass is 9.92. The molecule has 2 atom stereocenters. The minimum absolute atomic E-state index is 0.0184. The molecule has 1 aliphatic heterocycles. The lowest BCUT2D eigenvalue weighted by Crippen LogP contribution is -2.42. The summed E-state index contributed by atoms with van der Waals surface area (Å²) in [6, 6.07) is 9.09. The predicted molar refractivity (Wildman–Crippen MR) is 147 cm³/mol. The van der Waals surface area contributed by atoms with Gasteiger partial charge >= 0.3 is 0 Å². The molecule has 2 amide bonds. The minimum Gasteiger partial charge on any atom is -0.360 e. The number of nitrogens with one attached hydrogen (secondary N) is 3. The molecule has 2 aromatic rings. The number of carbonyl (C=O) groups is 2. The van der Waals surface area contributed by atoms with Crippen molar-refractivity contribution in [3.05, 3.63) is 43.8 Å². The Kier molecular flexibility index (Phi) is 9.67. The number of nitriles is 1. The normalized spacial score (nSPS) is 18.9. The fourth-order valence-electron chi connectivity index (χ4n) is 4.57. The van der Waals surface area contributed by atoms with Crippen LogP contribution in [0.25, 0.3) is 11.8 Å². The van der Waals surface area contributed by atoms with Gasteiger partial charge in [-0.2, -0.15) is 5.26 Å². The molecular weight excluding hydrogens is 488 g/mol. The molecule has 10 heteroatoms. The summed E-state index contributed by atoms with van der Waals surface area (Å²) in [5, 5.41) is 18.0. The first-order chi connectivity index (χ1) is 17.7. The maximum atomic E-state index is 12.9. The fraction of sp³-hybridized carbons (Fsp3) is 0.407. The summed E-state index contributed by atoms with van der Waals surface area (Å²) in [6.45, 7) is 8.65. The number of hydrogen-bond donors (Lipinski definition) is 3. The summed E-state index contributed by atoms with van der Waals surface area (Å²) < 4.78 is 1.97. The first kappa shape index (κ1) is 27.7. The van der Waals surface area contributed by atoms with E-state index in [9.17, 15) is 19.6 Å². The van der Waals surface area contributed by atoms with Crippen molar-refractivity contribution in [1.29, 1.82) is 5.26 Å². The smallest absolute Gasteiger partial charge is 0.270 e. The molecule has 3 rings (SSSR count). The maximum absolute atomic E-state index is 12.9. The number of benzene rings is 1. The van der Waals surface area contributed by atoms with Gasteiger partial charge in [0.1, 0.15) is 15.3 Å². The SMILES string of the molecule is C#CCNC(=O)C(C#N)=c1sc(=CNc2cccc(NC(=O)CN3CC(C)CC(C)C3)c2)c(=O)n1CC. The number of likely N-dealkylation sites (tertiary alicyclic amines) is 1. The highest BCUT2D eigenvalue weighted by atomic mass is 32.1. The molecular formula is C27H32N6O3S. The number of aromatic nitrogens is 1. The zero-order valence-corrected chi connectivity index (χ0v) is 22.2. The Morgan fingerprint density at radius 3 is 2.59 bits per heavy atom. The summed E-state index contributed by atoms with van der Waals surface area (Å²) in [4.78, 5) is 40.1. The molecule has 0 saturated carbocycles. The third-order valence-electron chi connectivity index (χ3n) is 5.96. The maximum Gasteiger partial charge on any atom is 0.270 e. The summed E-state index contributed by atoms with van der Waals surface area (Å²) in [5.74, 6) is 2.75. The van der Waals surface area contributed by atoms with Gasteiger partial charge < -0.3 is 16.0 Å². The molecule has 0 bridgehead atoms. The number of carbonyl (C=O) groups excluding carboxylic acids is 2. The van der Waals surface area contributed by atoms with Gasteiger partial charge in [0.2, 0.25) is 5.91 Å². The Bertz CT molecular complexity index is 1400. The van der Waals surface area contributed by atoms with Gasteiger partial charge in [0, 0.05) is 37.2 Å². The van der Waals surface area contributed by atoms with E-state index < -0.39 is 5.91 Å². The molecule has 0 aliphatic carbocycles. The Balaban J connectivity index is 1.78. The average Bonchev–Trinajstić information content (AvgIpc) is 3.16. The summed E-state index contributed by atoms with van der Waals surface area (Å²) in [6.07, 6.45) is 7.90. The van der Waals surface area contributed by atoms with Gasteiger partial charge in [0.15, 0.2) is 5.57 Å². The molecule has 1 saturated heterocycles. The third kappa shape index (κ3) is 7.32. The van der Waals surface area contributed by atoms with E-state index in [-0.39, 0.29) is 28.2 Å². The number of piperidine rings is 1. The van der Waals surface area contributed by atoms with Crippen molar-refractivity contribution >= 4 is 46.3 Å². The molecule has 37 heavy (non-hydrogen) atoms. The van der Waals surface area contributed by atoms with Crippen molar-refractivity contribution in [3.63, 3.8) is 0 Å². The van der Waals surface area contributed by atoms with Gasteiger partial charge in [-0.1, -0.05) is 25.8 Å². The summed E-state index contributed by atoms with van der Waals surface area (Å²) in [7, 11) is 0. The summed E-state index contributed by atoms with van der Waals surface area (Å²) in [5.41, 5.74) is 0.833. The molecule has 2 unspecified atom stereocenters. The van der Waals surface area contributed by atoms with Crippen LogP contribution in [0.3, 0.4) is 0 Å². The first-order valence-electron chi connectivity index (χ1n) is 12.2. The van der Waals surface area contributed by atoms with E-state index in [2.05, 4.69) is 40.6 Å². The van der Waals surface area contributed by atoms with Gasteiger partial charge in [0.05, 0.1) is 13.1 Å². The molecule has 0 radical (unpaired) electrons. The van der Waals surface area contributed by atoms with Crippen LogP contribution in [0, 0.1) is 35.5 Å². The second-order valence-corrected chi connectivity index (χ2v) is 10.3. The Morgan fingerprint density at radius 2 is 1.95 bits per heavy atom. The van der Waals surface area contributed by atoms with Gasteiger partial charge in [-0.05, 0) is 43.4 Å². The van der Waals surface area contributed by atoms with Crippen LogP contribution in [0.2, 0.25) is 0 Å². The van der Waals surface area contributed by atoms with Gasteiger partial charge in [-0.25, -0.2) is 0 Å². The van der Waals surface area contributed by atoms with Crippen molar-refractivity contribution in [2.75, 3.05) is 36.8 Å². The molecule has 0 spiro atoms. The second kappa shape index (κ2) is 12.9. The van der Waals surface area contributed by atoms with Crippen molar-refractivity contribution in [3.8, 4) is 18.4 Å². The quantitative estimate of drug-likeness (QED) is 0.449. The van der Waals surface area contributed by atoms with E-state index in [4.69, 9.17) is 6.42 Å². The molecule has 1 aliphatic rings. The van der Waals surface area contributed by atoms with Crippen LogP contribution < -0.4 is 30.7 Å². The zero-order valence-electron chi connectivity index (χ0n) is 21.3. The average molecular weight is 521 g/mol. The van der Waals surface area contributed by atoms with Crippen molar-refractivity contribution in [1.82, 2.24) is 14.8 Å². The van der Waals surface area contributed by atoms with Crippen molar-refractivity contribution in [2.45, 2.75) is 33.7 Å². The predicted octanol–water partition coefficient (Wildman–Crippen LogP) is 1.12. The monoisotopic (exact) mass is 520 g/mol. The standard InChI is InChI=1S/C27H32N6O3S/c1-5-10-29-25(35)22(13-28)27-33(6-2)26(36)23(37-27)14-30-20-8-7-9-21(12-20)31-24(34)17-32-15-18(3)11-19(4)16-32/h1,7-9,12,14,18-19,30H,6,10-11,15-17H2,2-4H3,(H,29,35)(H,31,34).